The number of hydrogen-bond acceptors (Lipinski definition) is 4. The van der Waals surface area contributed by atoms with Gasteiger partial charge in [-0.3, -0.25) is 4.79 Å². The summed E-state index contributed by atoms with van der Waals surface area (Å²) in [5, 5.41) is 6.35. The average Bonchev–Trinajstić information content (AvgIpc) is 2.63. The molecule has 2 aliphatic heterocycles. The number of sulfonamides is 1. The molecule has 2 fully saturated rings. The Balaban J connectivity index is 0.00000280. The summed E-state index contributed by atoms with van der Waals surface area (Å²) in [5.74, 6) is 0.997. The third-order valence-electron chi connectivity index (χ3n) is 5.73. The molecular weight excluding hydrogens is 398 g/mol. The van der Waals surface area contributed by atoms with E-state index in [0.717, 1.165) is 25.9 Å². The number of nitrogens with one attached hydrogen (secondary N) is 2. The molecule has 4 atom stereocenters. The van der Waals surface area contributed by atoms with Crippen LogP contribution in [0, 0.1) is 17.8 Å². The average molecular weight is 430 g/mol. The van der Waals surface area contributed by atoms with Crippen LogP contribution in [0.5, 0.6) is 0 Å². The smallest absolute Gasteiger partial charge is 0.251 e. The molecule has 0 bridgehead atoms. The molecule has 1 aromatic rings. The number of carbonyl (C=O) groups excluding carboxylic acids is 1. The standard InChI is InChI=1S/C20H31N3O3S.ClH/c1-14-10-15(2)13-23(12-14)27(25,26)18-6-4-17(5-7-18)20(24)22-19-11-21-9-8-16(19)3;/h4-7,14-16,19,21H,8-13H2,1-3H3,(H,22,24);1H. The Morgan fingerprint density at radius 1 is 1.11 bits per heavy atom. The fraction of sp³-hybridized carbons (Fsp3) is 0.650. The first-order valence-electron chi connectivity index (χ1n) is 9.89. The molecule has 2 N–H and O–H groups in total. The van der Waals surface area contributed by atoms with Crippen molar-refractivity contribution >= 4 is 28.3 Å². The number of rotatable bonds is 4. The molecule has 1 amide bonds. The summed E-state index contributed by atoms with van der Waals surface area (Å²) in [6.45, 7) is 9.18. The van der Waals surface area contributed by atoms with Crippen molar-refractivity contribution in [1.82, 2.24) is 14.9 Å². The van der Waals surface area contributed by atoms with Crippen LogP contribution in [0.1, 0.15) is 44.0 Å². The summed E-state index contributed by atoms with van der Waals surface area (Å²) in [7, 11) is -3.51. The Labute approximate surface area is 174 Å². The van der Waals surface area contributed by atoms with Gasteiger partial charge in [-0.25, -0.2) is 8.42 Å². The summed E-state index contributed by atoms with van der Waals surface area (Å²) >= 11 is 0. The Kier molecular flexibility index (Phi) is 7.90. The number of carbonyl (C=O) groups is 1. The minimum atomic E-state index is -3.51. The van der Waals surface area contributed by atoms with Gasteiger partial charge >= 0.3 is 0 Å². The molecule has 0 aromatic heterocycles. The summed E-state index contributed by atoms with van der Waals surface area (Å²) in [5.41, 5.74) is 0.493. The highest BCUT2D eigenvalue weighted by Crippen LogP contribution is 2.26. The molecule has 0 saturated carbocycles. The minimum Gasteiger partial charge on any atom is -0.348 e. The first kappa shape index (κ1) is 23.1. The second kappa shape index (κ2) is 9.57. The Morgan fingerprint density at radius 2 is 1.71 bits per heavy atom. The van der Waals surface area contributed by atoms with Gasteiger partial charge in [0.2, 0.25) is 10.0 Å². The van der Waals surface area contributed by atoms with E-state index in [1.54, 1.807) is 28.6 Å². The molecule has 4 unspecified atom stereocenters. The van der Waals surface area contributed by atoms with Gasteiger partial charge in [-0.05, 0) is 61.4 Å². The fourth-order valence-corrected chi connectivity index (χ4v) is 5.84. The lowest BCUT2D eigenvalue weighted by Gasteiger charge is -2.34. The minimum absolute atomic E-state index is 0. The van der Waals surface area contributed by atoms with Gasteiger partial charge in [0.15, 0.2) is 0 Å². The molecular formula is C20H32ClN3O3S. The molecule has 158 valence electrons. The van der Waals surface area contributed by atoms with Crippen molar-refractivity contribution in [2.75, 3.05) is 26.2 Å². The van der Waals surface area contributed by atoms with Crippen molar-refractivity contribution < 1.29 is 13.2 Å². The lowest BCUT2D eigenvalue weighted by atomic mass is 9.94. The highest BCUT2D eigenvalue weighted by molar-refractivity contribution is 7.89. The number of amides is 1. The third kappa shape index (κ3) is 5.26. The van der Waals surface area contributed by atoms with Crippen molar-refractivity contribution in [3.63, 3.8) is 0 Å². The van der Waals surface area contributed by atoms with Crippen molar-refractivity contribution in [1.29, 1.82) is 0 Å². The van der Waals surface area contributed by atoms with Gasteiger partial charge in [-0.15, -0.1) is 12.4 Å². The zero-order valence-corrected chi connectivity index (χ0v) is 18.5. The van der Waals surface area contributed by atoms with Gasteiger partial charge in [0.1, 0.15) is 0 Å². The molecule has 0 spiro atoms. The molecule has 1 aromatic carbocycles. The summed E-state index contributed by atoms with van der Waals surface area (Å²) in [6.07, 6.45) is 2.09. The van der Waals surface area contributed by atoms with E-state index < -0.39 is 10.0 Å². The predicted octanol–water partition coefficient (Wildman–Crippen LogP) is 2.50. The Bertz CT molecular complexity index is 759. The second-order valence-electron chi connectivity index (χ2n) is 8.34. The van der Waals surface area contributed by atoms with Crippen LogP contribution >= 0.6 is 12.4 Å². The number of halogens is 1. The van der Waals surface area contributed by atoms with Crippen LogP contribution in [0.2, 0.25) is 0 Å². The SMILES string of the molecule is CC1CC(C)CN(S(=O)(=O)c2ccc(C(=O)NC3CNCCC3C)cc2)C1.Cl. The van der Waals surface area contributed by atoms with Crippen molar-refractivity contribution in [2.45, 2.75) is 44.6 Å². The zero-order valence-electron chi connectivity index (χ0n) is 16.8. The summed E-state index contributed by atoms with van der Waals surface area (Å²) in [6, 6.07) is 6.43. The topological polar surface area (TPSA) is 78.5 Å². The van der Waals surface area contributed by atoms with Gasteiger partial charge in [-0.2, -0.15) is 4.31 Å². The maximum atomic E-state index is 12.9. The van der Waals surface area contributed by atoms with Gasteiger partial charge in [0, 0.05) is 31.2 Å². The van der Waals surface area contributed by atoms with E-state index in [2.05, 4.69) is 31.4 Å². The fourth-order valence-electron chi connectivity index (χ4n) is 4.16. The van der Waals surface area contributed by atoms with E-state index in [1.807, 2.05) is 0 Å². The molecule has 6 nitrogen and oxygen atoms in total. The van der Waals surface area contributed by atoms with E-state index in [0.29, 0.717) is 36.4 Å². The van der Waals surface area contributed by atoms with Crippen molar-refractivity contribution in [3.8, 4) is 0 Å². The van der Waals surface area contributed by atoms with Gasteiger partial charge in [-0.1, -0.05) is 20.8 Å². The first-order chi connectivity index (χ1) is 12.8. The van der Waals surface area contributed by atoms with Crippen LogP contribution in [-0.4, -0.2) is 50.9 Å². The Morgan fingerprint density at radius 3 is 2.29 bits per heavy atom. The summed E-state index contributed by atoms with van der Waals surface area (Å²) in [4.78, 5) is 12.8. The molecule has 28 heavy (non-hydrogen) atoms. The largest absolute Gasteiger partial charge is 0.348 e. The maximum absolute atomic E-state index is 12.9. The molecule has 0 aliphatic carbocycles. The highest BCUT2D eigenvalue weighted by atomic mass is 35.5. The van der Waals surface area contributed by atoms with Gasteiger partial charge in [0.25, 0.3) is 5.91 Å². The van der Waals surface area contributed by atoms with Crippen LogP contribution in [0.3, 0.4) is 0 Å². The van der Waals surface area contributed by atoms with E-state index >= 15 is 0 Å². The van der Waals surface area contributed by atoms with E-state index in [1.165, 1.54) is 0 Å². The normalized spacial score (nSPS) is 29.0. The molecule has 2 saturated heterocycles. The van der Waals surface area contributed by atoms with Crippen molar-refractivity contribution in [2.24, 2.45) is 17.8 Å². The van der Waals surface area contributed by atoms with Crippen molar-refractivity contribution in [3.05, 3.63) is 29.8 Å². The summed E-state index contributed by atoms with van der Waals surface area (Å²) < 4.78 is 27.5. The zero-order chi connectivity index (χ0) is 19.6. The molecule has 2 heterocycles. The Hall–Kier alpha value is -1.15. The third-order valence-corrected chi connectivity index (χ3v) is 7.58. The van der Waals surface area contributed by atoms with Crippen LogP contribution in [0.4, 0.5) is 0 Å². The monoisotopic (exact) mass is 429 g/mol. The van der Waals surface area contributed by atoms with Crippen LogP contribution in [0.15, 0.2) is 29.2 Å². The van der Waals surface area contributed by atoms with Crippen LogP contribution in [0.25, 0.3) is 0 Å². The number of hydrogen-bond donors (Lipinski definition) is 2. The van der Waals surface area contributed by atoms with E-state index in [4.69, 9.17) is 0 Å². The number of benzene rings is 1. The molecule has 3 rings (SSSR count). The quantitative estimate of drug-likeness (QED) is 0.770. The van der Waals surface area contributed by atoms with E-state index in [9.17, 15) is 13.2 Å². The first-order valence-corrected chi connectivity index (χ1v) is 11.3. The van der Waals surface area contributed by atoms with Crippen LogP contribution in [-0.2, 0) is 10.0 Å². The van der Waals surface area contributed by atoms with Gasteiger partial charge in [0.05, 0.1) is 4.90 Å². The van der Waals surface area contributed by atoms with Gasteiger partial charge < -0.3 is 10.6 Å². The number of nitrogens with zero attached hydrogens (tertiary/aromatic N) is 1. The maximum Gasteiger partial charge on any atom is 0.251 e. The second-order valence-corrected chi connectivity index (χ2v) is 10.3. The molecule has 2 aliphatic rings. The lowest BCUT2D eigenvalue weighted by molar-refractivity contribution is 0.0915. The lowest BCUT2D eigenvalue weighted by Crippen LogP contribution is -2.50. The molecule has 8 heteroatoms. The highest BCUT2D eigenvalue weighted by Gasteiger charge is 2.31. The molecule has 0 radical (unpaired) electrons. The number of piperidine rings is 2. The predicted molar refractivity (Wildman–Crippen MR) is 113 cm³/mol. The van der Waals surface area contributed by atoms with E-state index in [-0.39, 0.29) is 29.3 Å². The van der Waals surface area contributed by atoms with Crippen LogP contribution < -0.4 is 10.6 Å².